The lowest BCUT2D eigenvalue weighted by Gasteiger charge is -1.99. The van der Waals surface area contributed by atoms with Crippen LogP contribution in [0, 0.1) is 0 Å². The second-order valence-corrected chi connectivity index (χ2v) is 4.64. The van der Waals surface area contributed by atoms with Gasteiger partial charge >= 0.3 is 0 Å². The molecule has 1 aromatic rings. The molecule has 0 amide bonds. The Balaban J connectivity index is 2.42. The maximum Gasteiger partial charge on any atom is 0.100 e. The van der Waals surface area contributed by atoms with E-state index >= 15 is 0 Å². The summed E-state index contributed by atoms with van der Waals surface area (Å²) < 4.78 is 1.87. The van der Waals surface area contributed by atoms with Gasteiger partial charge in [-0.05, 0) is 24.9 Å². The number of hydrogen-bond donors (Lipinski definition) is 0. The molecule has 0 aliphatic heterocycles. The molecule has 0 bridgehead atoms. The van der Waals surface area contributed by atoms with Gasteiger partial charge in [0.05, 0.1) is 5.38 Å². The van der Waals surface area contributed by atoms with Crippen LogP contribution in [0.25, 0.3) is 0 Å². The molecule has 0 aliphatic carbocycles. The maximum absolute atomic E-state index is 6.05. The summed E-state index contributed by atoms with van der Waals surface area (Å²) in [7, 11) is 0. The number of aromatic nitrogens is 3. The van der Waals surface area contributed by atoms with Crippen molar-refractivity contribution in [3.63, 3.8) is 0 Å². The third-order valence-corrected chi connectivity index (χ3v) is 3.20. The molecule has 1 rings (SSSR count). The lowest BCUT2D eigenvalue weighted by Crippen LogP contribution is -1.99. The first-order chi connectivity index (χ1) is 6.77. The molecule has 0 N–H and O–H groups in total. The number of alkyl halides is 1. The lowest BCUT2D eigenvalue weighted by atomic mass is 10.3. The minimum Gasteiger partial charge on any atom is -0.252 e. The van der Waals surface area contributed by atoms with Crippen LogP contribution in [0.1, 0.15) is 30.8 Å². The minimum atomic E-state index is 0.00398. The second kappa shape index (κ2) is 6.30. The molecule has 14 heavy (non-hydrogen) atoms. The molecule has 0 aliphatic rings. The van der Waals surface area contributed by atoms with Crippen LogP contribution in [-0.4, -0.2) is 27.0 Å². The molecule has 0 saturated carbocycles. The van der Waals surface area contributed by atoms with E-state index in [9.17, 15) is 0 Å². The Morgan fingerprint density at radius 1 is 1.64 bits per heavy atom. The minimum absolute atomic E-state index is 0.00398. The summed E-state index contributed by atoms with van der Waals surface area (Å²) in [4.78, 5) is 0. The van der Waals surface area contributed by atoms with Crippen LogP contribution >= 0.6 is 23.4 Å². The molecule has 0 fully saturated rings. The van der Waals surface area contributed by atoms with E-state index in [0.29, 0.717) is 0 Å². The van der Waals surface area contributed by atoms with Crippen LogP contribution < -0.4 is 0 Å². The summed E-state index contributed by atoms with van der Waals surface area (Å²) in [6.07, 6.45) is 6.08. The average molecular weight is 234 g/mol. The van der Waals surface area contributed by atoms with Crippen molar-refractivity contribution in [3.8, 4) is 0 Å². The second-order valence-electron chi connectivity index (χ2n) is 3.13. The van der Waals surface area contributed by atoms with Crippen molar-refractivity contribution < 1.29 is 0 Å². The average Bonchev–Trinajstić information content (AvgIpc) is 2.66. The quantitative estimate of drug-likeness (QED) is 0.559. The predicted octanol–water partition coefficient (Wildman–Crippen LogP) is 2.72. The third-order valence-electron chi connectivity index (χ3n) is 1.97. The Morgan fingerprint density at radius 2 is 2.43 bits per heavy atom. The van der Waals surface area contributed by atoms with Gasteiger partial charge in [0.2, 0.25) is 0 Å². The zero-order valence-corrected chi connectivity index (χ0v) is 10.2. The maximum atomic E-state index is 6.05. The molecule has 1 unspecified atom stereocenters. The monoisotopic (exact) mass is 233 g/mol. The van der Waals surface area contributed by atoms with E-state index in [-0.39, 0.29) is 5.38 Å². The van der Waals surface area contributed by atoms with E-state index in [1.165, 1.54) is 0 Å². The number of aryl methyl sites for hydroxylation is 1. The summed E-state index contributed by atoms with van der Waals surface area (Å²) in [5.41, 5.74) is 0.887. The van der Waals surface area contributed by atoms with Crippen LogP contribution in [0.2, 0.25) is 0 Å². The van der Waals surface area contributed by atoms with Gasteiger partial charge in [-0.25, -0.2) is 0 Å². The number of hydrogen-bond acceptors (Lipinski definition) is 3. The highest BCUT2D eigenvalue weighted by atomic mass is 35.5. The third kappa shape index (κ3) is 3.50. The Labute approximate surface area is 94.2 Å². The zero-order chi connectivity index (χ0) is 10.4. The predicted molar refractivity (Wildman–Crippen MR) is 61.9 cm³/mol. The number of halogens is 1. The molecule has 3 nitrogen and oxygen atoms in total. The molecule has 1 aromatic heterocycles. The van der Waals surface area contributed by atoms with E-state index in [1.54, 1.807) is 0 Å². The molecule has 1 atom stereocenters. The smallest absolute Gasteiger partial charge is 0.100 e. The van der Waals surface area contributed by atoms with Gasteiger partial charge in [0.1, 0.15) is 5.69 Å². The van der Waals surface area contributed by atoms with Crippen molar-refractivity contribution >= 4 is 23.4 Å². The standard InChI is InChI=1S/C9H16ClN3S/c1-3-8(10)9-7-13(12-11-9)5-4-6-14-2/h7-8H,3-6H2,1-2H3. The zero-order valence-electron chi connectivity index (χ0n) is 8.61. The Hall–Kier alpha value is -0.220. The SMILES string of the molecule is CCC(Cl)c1cn(CCCSC)nn1. The number of thioether (sulfide) groups is 1. The van der Waals surface area contributed by atoms with Crippen LogP contribution in [-0.2, 0) is 6.54 Å². The fourth-order valence-electron chi connectivity index (χ4n) is 1.15. The lowest BCUT2D eigenvalue weighted by molar-refractivity contribution is 0.582. The Morgan fingerprint density at radius 3 is 3.07 bits per heavy atom. The van der Waals surface area contributed by atoms with Crippen molar-refractivity contribution in [3.05, 3.63) is 11.9 Å². The summed E-state index contributed by atoms with van der Waals surface area (Å²) >= 11 is 7.90. The van der Waals surface area contributed by atoms with Gasteiger partial charge in [0, 0.05) is 12.7 Å². The van der Waals surface area contributed by atoms with E-state index < -0.39 is 0 Å². The van der Waals surface area contributed by atoms with Crippen molar-refractivity contribution in [1.82, 2.24) is 15.0 Å². The molecule has 0 aromatic carbocycles. The fourth-order valence-corrected chi connectivity index (χ4v) is 1.66. The van der Waals surface area contributed by atoms with E-state index in [0.717, 1.165) is 30.8 Å². The normalized spacial score (nSPS) is 13.1. The summed E-state index contributed by atoms with van der Waals surface area (Å²) in [5, 5.41) is 8.07. The highest BCUT2D eigenvalue weighted by Crippen LogP contribution is 2.20. The molecule has 80 valence electrons. The fraction of sp³-hybridized carbons (Fsp3) is 0.778. The van der Waals surface area contributed by atoms with Crippen molar-refractivity contribution in [2.75, 3.05) is 12.0 Å². The number of nitrogens with zero attached hydrogens (tertiary/aromatic N) is 3. The van der Waals surface area contributed by atoms with Gasteiger partial charge < -0.3 is 0 Å². The molecule has 1 heterocycles. The highest BCUT2D eigenvalue weighted by molar-refractivity contribution is 7.98. The van der Waals surface area contributed by atoms with Gasteiger partial charge in [-0.1, -0.05) is 12.1 Å². The first kappa shape index (κ1) is 11.9. The summed E-state index contributed by atoms with van der Waals surface area (Å²) in [5.74, 6) is 1.16. The number of rotatable bonds is 6. The van der Waals surface area contributed by atoms with Crippen molar-refractivity contribution in [1.29, 1.82) is 0 Å². The molecular weight excluding hydrogens is 218 g/mol. The van der Waals surface area contributed by atoms with Crippen LogP contribution in [0.4, 0.5) is 0 Å². The van der Waals surface area contributed by atoms with E-state index in [1.807, 2.05) is 29.6 Å². The topological polar surface area (TPSA) is 30.7 Å². The van der Waals surface area contributed by atoms with Crippen LogP contribution in [0.3, 0.4) is 0 Å². The summed E-state index contributed by atoms with van der Waals surface area (Å²) in [6, 6.07) is 0. The Kier molecular flexibility index (Phi) is 5.33. The highest BCUT2D eigenvalue weighted by Gasteiger charge is 2.09. The first-order valence-corrected chi connectivity index (χ1v) is 6.64. The van der Waals surface area contributed by atoms with Gasteiger partial charge in [-0.15, -0.1) is 16.7 Å². The molecule has 0 spiro atoms. The summed E-state index contributed by atoms with van der Waals surface area (Å²) in [6.45, 7) is 2.98. The molecular formula is C9H16ClN3S. The van der Waals surface area contributed by atoms with Crippen LogP contribution in [0.15, 0.2) is 6.20 Å². The largest absolute Gasteiger partial charge is 0.252 e. The van der Waals surface area contributed by atoms with E-state index in [2.05, 4.69) is 16.6 Å². The van der Waals surface area contributed by atoms with Gasteiger partial charge in [0.15, 0.2) is 0 Å². The van der Waals surface area contributed by atoms with Crippen molar-refractivity contribution in [2.24, 2.45) is 0 Å². The van der Waals surface area contributed by atoms with E-state index in [4.69, 9.17) is 11.6 Å². The van der Waals surface area contributed by atoms with Crippen LogP contribution in [0.5, 0.6) is 0 Å². The Bertz CT molecular complexity index is 264. The van der Waals surface area contributed by atoms with Crippen molar-refractivity contribution in [2.45, 2.75) is 31.7 Å². The molecule has 5 heteroatoms. The van der Waals surface area contributed by atoms with Gasteiger partial charge in [-0.3, -0.25) is 4.68 Å². The van der Waals surface area contributed by atoms with Gasteiger partial charge in [-0.2, -0.15) is 11.8 Å². The first-order valence-electron chi connectivity index (χ1n) is 4.81. The molecule has 0 radical (unpaired) electrons. The van der Waals surface area contributed by atoms with Gasteiger partial charge in [0.25, 0.3) is 0 Å². The molecule has 0 saturated heterocycles.